The van der Waals surface area contributed by atoms with Crippen molar-refractivity contribution in [3.05, 3.63) is 29.8 Å². The van der Waals surface area contributed by atoms with Crippen LogP contribution in [0.1, 0.15) is 31.2 Å². The van der Waals surface area contributed by atoms with Crippen LogP contribution in [0.25, 0.3) is 0 Å². The lowest BCUT2D eigenvalue weighted by Gasteiger charge is -2.19. The Hall–Kier alpha value is -0.940. The Balaban J connectivity index is 0.00000162. The zero-order valence-corrected chi connectivity index (χ0v) is 11.4. The molecule has 1 heterocycles. The average Bonchev–Trinajstić information content (AvgIpc) is 2.58. The molecule has 0 atom stereocenters. The molecule has 1 aliphatic heterocycles. The molecule has 1 fully saturated rings. The number of sulfonamides is 1. The van der Waals surface area contributed by atoms with Crippen LogP contribution in [0.4, 0.5) is 0 Å². The summed E-state index contributed by atoms with van der Waals surface area (Å²) < 4.78 is 26.4. The Morgan fingerprint density at radius 2 is 1.44 bits per heavy atom. The summed E-state index contributed by atoms with van der Waals surface area (Å²) in [6.45, 7) is 3.29. The first-order chi connectivity index (χ1) is 8.10. The van der Waals surface area contributed by atoms with E-state index in [0.29, 0.717) is 18.0 Å². The van der Waals surface area contributed by atoms with Crippen molar-refractivity contribution in [2.45, 2.75) is 37.5 Å². The maximum Gasteiger partial charge on any atom is 0.243 e. The Bertz CT molecular complexity index is 462. The molecule has 0 radical (unpaired) electrons. The number of aryl methyl sites for hydroxylation is 1. The molecular formula is C13H19FNO2S-. The fourth-order valence-corrected chi connectivity index (χ4v) is 3.66. The number of rotatable bonds is 2. The lowest BCUT2D eigenvalue weighted by molar-refractivity contribution is -0.00000618. The van der Waals surface area contributed by atoms with Crippen molar-refractivity contribution >= 4 is 10.0 Å². The van der Waals surface area contributed by atoms with Crippen LogP contribution >= 0.6 is 0 Å². The van der Waals surface area contributed by atoms with E-state index in [1.807, 2.05) is 19.1 Å². The molecule has 0 unspecified atom stereocenters. The molecular weight excluding hydrogens is 253 g/mol. The van der Waals surface area contributed by atoms with Crippen molar-refractivity contribution in [1.29, 1.82) is 0 Å². The third-order valence-corrected chi connectivity index (χ3v) is 5.14. The van der Waals surface area contributed by atoms with E-state index in [1.54, 1.807) is 16.4 Å². The van der Waals surface area contributed by atoms with Gasteiger partial charge >= 0.3 is 0 Å². The van der Waals surface area contributed by atoms with Gasteiger partial charge in [-0.05, 0) is 31.9 Å². The van der Waals surface area contributed by atoms with Crippen LogP contribution in [-0.2, 0) is 10.0 Å². The van der Waals surface area contributed by atoms with Gasteiger partial charge in [-0.3, -0.25) is 0 Å². The van der Waals surface area contributed by atoms with Crippen LogP contribution in [0.2, 0.25) is 0 Å². The topological polar surface area (TPSA) is 37.4 Å². The second-order valence-electron chi connectivity index (χ2n) is 4.63. The standard InChI is InChI=1S/C13H19NO2S.FH/c1-12-6-8-13(9-7-12)17(15,16)14-10-4-2-3-5-11-14;/h6-9H,2-5,10-11H2,1H3;1H/p-1. The van der Waals surface area contributed by atoms with E-state index < -0.39 is 10.0 Å². The lowest BCUT2D eigenvalue weighted by atomic mass is 10.2. The van der Waals surface area contributed by atoms with Crippen LogP contribution < -0.4 is 4.70 Å². The smallest absolute Gasteiger partial charge is 0.243 e. The monoisotopic (exact) mass is 272 g/mol. The Labute approximate surface area is 108 Å². The van der Waals surface area contributed by atoms with E-state index in [-0.39, 0.29) is 4.70 Å². The fourth-order valence-electron chi connectivity index (χ4n) is 2.14. The summed E-state index contributed by atoms with van der Waals surface area (Å²) in [5.74, 6) is 0. The van der Waals surface area contributed by atoms with E-state index in [0.717, 1.165) is 31.2 Å². The first-order valence-corrected chi connectivity index (χ1v) is 7.61. The van der Waals surface area contributed by atoms with Gasteiger partial charge in [0.2, 0.25) is 10.0 Å². The van der Waals surface area contributed by atoms with Crippen molar-refractivity contribution in [3.8, 4) is 0 Å². The van der Waals surface area contributed by atoms with Crippen molar-refractivity contribution in [2.75, 3.05) is 13.1 Å². The SMILES string of the molecule is Cc1ccc(S(=O)(=O)N2CCCCCC2)cc1.[F-]. The molecule has 1 aliphatic rings. The summed E-state index contributed by atoms with van der Waals surface area (Å²) in [7, 11) is -3.27. The van der Waals surface area contributed by atoms with Crippen LogP contribution in [0.5, 0.6) is 0 Å². The molecule has 102 valence electrons. The molecule has 0 saturated carbocycles. The van der Waals surface area contributed by atoms with Crippen LogP contribution in [-0.4, -0.2) is 25.8 Å². The number of nitrogens with zero attached hydrogens (tertiary/aromatic N) is 1. The van der Waals surface area contributed by atoms with E-state index in [2.05, 4.69) is 0 Å². The number of hydrogen-bond acceptors (Lipinski definition) is 2. The summed E-state index contributed by atoms with van der Waals surface area (Å²) in [6, 6.07) is 7.11. The minimum Gasteiger partial charge on any atom is -1.00 e. The van der Waals surface area contributed by atoms with Gasteiger partial charge in [0.05, 0.1) is 4.90 Å². The van der Waals surface area contributed by atoms with Gasteiger partial charge in [0, 0.05) is 13.1 Å². The third-order valence-electron chi connectivity index (χ3n) is 3.22. The molecule has 0 aromatic heterocycles. The Morgan fingerprint density at radius 1 is 0.944 bits per heavy atom. The zero-order valence-electron chi connectivity index (χ0n) is 10.6. The highest BCUT2D eigenvalue weighted by molar-refractivity contribution is 7.89. The summed E-state index contributed by atoms with van der Waals surface area (Å²) in [4.78, 5) is 0.421. The van der Waals surface area contributed by atoms with E-state index in [1.165, 1.54) is 0 Å². The van der Waals surface area contributed by atoms with E-state index in [9.17, 15) is 8.42 Å². The molecule has 5 heteroatoms. The number of halogens is 1. The van der Waals surface area contributed by atoms with E-state index >= 15 is 0 Å². The predicted octanol–water partition coefficient (Wildman–Crippen LogP) is -0.436. The maximum absolute atomic E-state index is 12.4. The van der Waals surface area contributed by atoms with Gasteiger partial charge in [-0.2, -0.15) is 4.31 Å². The highest BCUT2D eigenvalue weighted by Gasteiger charge is 2.24. The first kappa shape index (κ1) is 15.1. The van der Waals surface area contributed by atoms with Crippen molar-refractivity contribution in [1.82, 2.24) is 4.31 Å². The van der Waals surface area contributed by atoms with Crippen molar-refractivity contribution in [2.24, 2.45) is 0 Å². The predicted molar refractivity (Wildman–Crippen MR) is 68.4 cm³/mol. The lowest BCUT2D eigenvalue weighted by Crippen LogP contribution is -3.00. The van der Waals surface area contributed by atoms with Crippen molar-refractivity contribution in [3.63, 3.8) is 0 Å². The molecule has 3 nitrogen and oxygen atoms in total. The summed E-state index contributed by atoms with van der Waals surface area (Å²) in [6.07, 6.45) is 4.23. The average molecular weight is 272 g/mol. The van der Waals surface area contributed by atoms with Crippen LogP contribution in [0.15, 0.2) is 29.2 Å². The summed E-state index contributed by atoms with van der Waals surface area (Å²) in [5, 5.41) is 0. The first-order valence-electron chi connectivity index (χ1n) is 6.17. The normalized spacial score (nSPS) is 17.8. The molecule has 18 heavy (non-hydrogen) atoms. The highest BCUT2D eigenvalue weighted by Crippen LogP contribution is 2.20. The zero-order chi connectivity index (χ0) is 12.3. The Kier molecular flexibility index (Phi) is 5.28. The van der Waals surface area contributed by atoms with Crippen LogP contribution in [0, 0.1) is 6.92 Å². The van der Waals surface area contributed by atoms with Gasteiger partial charge in [0.1, 0.15) is 0 Å². The quantitative estimate of drug-likeness (QED) is 0.732. The third kappa shape index (κ3) is 3.29. The largest absolute Gasteiger partial charge is 1.00 e. The van der Waals surface area contributed by atoms with Crippen LogP contribution in [0.3, 0.4) is 0 Å². The molecule has 0 amide bonds. The van der Waals surface area contributed by atoms with Gasteiger partial charge < -0.3 is 4.70 Å². The van der Waals surface area contributed by atoms with E-state index in [4.69, 9.17) is 0 Å². The molecule has 0 aliphatic carbocycles. The molecule has 0 spiro atoms. The van der Waals surface area contributed by atoms with Gasteiger partial charge in [-0.15, -0.1) is 0 Å². The Morgan fingerprint density at radius 3 is 1.94 bits per heavy atom. The summed E-state index contributed by atoms with van der Waals surface area (Å²) >= 11 is 0. The maximum atomic E-state index is 12.4. The number of benzene rings is 1. The number of hydrogen-bond donors (Lipinski definition) is 0. The second kappa shape index (κ2) is 6.29. The highest BCUT2D eigenvalue weighted by atomic mass is 32.2. The van der Waals surface area contributed by atoms with Gasteiger partial charge in [0.25, 0.3) is 0 Å². The second-order valence-corrected chi connectivity index (χ2v) is 6.57. The van der Waals surface area contributed by atoms with Gasteiger partial charge in [-0.25, -0.2) is 8.42 Å². The molecule has 1 saturated heterocycles. The fraction of sp³-hybridized carbons (Fsp3) is 0.538. The van der Waals surface area contributed by atoms with Crippen molar-refractivity contribution < 1.29 is 13.1 Å². The minimum absolute atomic E-state index is 0. The molecule has 1 aromatic carbocycles. The molecule has 2 rings (SSSR count). The molecule has 1 aromatic rings. The minimum atomic E-state index is -3.27. The molecule has 0 bridgehead atoms. The van der Waals surface area contributed by atoms with Gasteiger partial charge in [-0.1, -0.05) is 30.5 Å². The molecule has 0 N–H and O–H groups in total. The summed E-state index contributed by atoms with van der Waals surface area (Å²) in [5.41, 5.74) is 1.08. The van der Waals surface area contributed by atoms with Gasteiger partial charge in [0.15, 0.2) is 0 Å².